The monoisotopic (exact) mass is 472 g/mol. The highest BCUT2D eigenvalue weighted by Crippen LogP contribution is 2.55. The average molecular weight is 473 g/mol. The second-order valence-electron chi connectivity index (χ2n) is 11.0. The predicted molar refractivity (Wildman–Crippen MR) is 128 cm³/mol. The topological polar surface area (TPSA) is 105 Å². The Morgan fingerprint density at radius 2 is 1.97 bits per heavy atom. The SMILES string of the molecule is COC[C@H]1CCCN1C(=O)[C@@H](C)[C@@H]1CC[C@]2(C)CC[C@H](NC(=O)c3cncnc3)[C@H](C)[C@@H]2[C@H]1O. The van der Waals surface area contributed by atoms with Gasteiger partial charge in [-0.15, -0.1) is 0 Å². The maximum absolute atomic E-state index is 13.5. The number of ether oxygens (including phenoxy) is 1. The van der Waals surface area contributed by atoms with Crippen LogP contribution >= 0.6 is 0 Å². The van der Waals surface area contributed by atoms with Gasteiger partial charge in [0, 0.05) is 38.0 Å². The van der Waals surface area contributed by atoms with E-state index in [1.54, 1.807) is 7.11 Å². The average Bonchev–Trinajstić information content (AvgIpc) is 3.29. The van der Waals surface area contributed by atoms with E-state index in [0.29, 0.717) is 12.2 Å². The molecule has 1 aromatic rings. The van der Waals surface area contributed by atoms with Crippen molar-refractivity contribution >= 4 is 11.8 Å². The van der Waals surface area contributed by atoms with E-state index in [1.807, 2.05) is 11.8 Å². The molecule has 3 fully saturated rings. The van der Waals surface area contributed by atoms with Gasteiger partial charge in [-0.1, -0.05) is 20.8 Å². The minimum absolute atomic E-state index is 0.0153. The lowest BCUT2D eigenvalue weighted by molar-refractivity contribution is -0.151. The lowest BCUT2D eigenvalue weighted by Gasteiger charge is -2.56. The highest BCUT2D eigenvalue weighted by atomic mass is 16.5. The number of carbonyl (C=O) groups is 2. The normalized spacial score (nSPS) is 36.6. The first-order chi connectivity index (χ1) is 16.3. The molecule has 0 unspecified atom stereocenters. The maximum Gasteiger partial charge on any atom is 0.254 e. The van der Waals surface area contributed by atoms with Crippen molar-refractivity contribution in [1.29, 1.82) is 0 Å². The Balaban J connectivity index is 1.47. The molecular formula is C26H40N4O4. The molecule has 2 heterocycles. The number of hydrogen-bond donors (Lipinski definition) is 2. The Morgan fingerprint density at radius 1 is 1.26 bits per heavy atom. The largest absolute Gasteiger partial charge is 0.392 e. The molecule has 34 heavy (non-hydrogen) atoms. The molecule has 8 atom stereocenters. The smallest absolute Gasteiger partial charge is 0.254 e. The van der Waals surface area contributed by atoms with Crippen LogP contribution in [-0.4, -0.2) is 70.2 Å². The minimum Gasteiger partial charge on any atom is -0.392 e. The number of rotatable bonds is 6. The number of nitrogens with zero attached hydrogens (tertiary/aromatic N) is 3. The molecule has 1 saturated heterocycles. The second-order valence-corrected chi connectivity index (χ2v) is 11.0. The Labute approximate surface area is 202 Å². The lowest BCUT2D eigenvalue weighted by atomic mass is 9.51. The number of aliphatic hydroxyl groups excluding tert-OH is 1. The van der Waals surface area contributed by atoms with E-state index in [9.17, 15) is 14.7 Å². The highest BCUT2D eigenvalue weighted by Gasteiger charge is 2.54. The number of amides is 2. The zero-order chi connectivity index (χ0) is 24.5. The number of carbonyl (C=O) groups excluding carboxylic acids is 2. The molecular weight excluding hydrogens is 432 g/mol. The Bertz CT molecular complexity index is 868. The van der Waals surface area contributed by atoms with Crippen LogP contribution in [0, 0.1) is 29.1 Å². The first-order valence-electron chi connectivity index (χ1n) is 12.8. The first kappa shape index (κ1) is 25.0. The summed E-state index contributed by atoms with van der Waals surface area (Å²) in [5, 5.41) is 14.8. The Kier molecular flexibility index (Phi) is 7.57. The molecule has 0 aromatic carbocycles. The molecule has 8 heteroatoms. The van der Waals surface area contributed by atoms with E-state index in [-0.39, 0.29) is 53.0 Å². The molecule has 1 aromatic heterocycles. The molecule has 3 aliphatic rings. The Morgan fingerprint density at radius 3 is 2.68 bits per heavy atom. The van der Waals surface area contributed by atoms with Crippen molar-refractivity contribution in [2.75, 3.05) is 20.3 Å². The van der Waals surface area contributed by atoms with Gasteiger partial charge in [-0.25, -0.2) is 9.97 Å². The summed E-state index contributed by atoms with van der Waals surface area (Å²) >= 11 is 0. The molecule has 0 bridgehead atoms. The summed E-state index contributed by atoms with van der Waals surface area (Å²) in [4.78, 5) is 36.1. The van der Waals surface area contributed by atoms with Crippen molar-refractivity contribution in [2.24, 2.45) is 29.1 Å². The standard InChI is InChI=1S/C26H40N4O4/c1-16(25(33)30-11-5-6-19(30)14-34-4)20-7-9-26(3)10-8-21(17(2)22(26)23(20)31)29-24(32)18-12-27-15-28-13-18/h12-13,15-17,19-23,31H,5-11,14H2,1-4H3,(H,29,32)/t16-,17-,19+,20-,21-,22+,23-,26+/m0/s1. The van der Waals surface area contributed by atoms with Gasteiger partial charge in [0.15, 0.2) is 0 Å². The molecule has 2 amide bonds. The number of hydrogen-bond acceptors (Lipinski definition) is 6. The number of aromatic nitrogens is 2. The fraction of sp³-hybridized carbons (Fsp3) is 0.769. The molecule has 2 aliphatic carbocycles. The first-order valence-corrected chi connectivity index (χ1v) is 12.8. The molecule has 4 rings (SSSR count). The van der Waals surface area contributed by atoms with Gasteiger partial charge < -0.3 is 20.1 Å². The zero-order valence-corrected chi connectivity index (χ0v) is 20.9. The van der Waals surface area contributed by atoms with Gasteiger partial charge in [0.1, 0.15) is 6.33 Å². The van der Waals surface area contributed by atoms with Crippen molar-refractivity contribution in [3.63, 3.8) is 0 Å². The van der Waals surface area contributed by atoms with Crippen LogP contribution in [0.15, 0.2) is 18.7 Å². The molecule has 0 radical (unpaired) electrons. The fourth-order valence-corrected chi connectivity index (χ4v) is 7.10. The molecule has 0 spiro atoms. The molecule has 188 valence electrons. The third-order valence-electron chi connectivity index (χ3n) is 9.08. The van der Waals surface area contributed by atoms with Crippen molar-refractivity contribution in [2.45, 2.75) is 77.5 Å². The van der Waals surface area contributed by atoms with Gasteiger partial charge in [0.05, 0.1) is 24.3 Å². The summed E-state index contributed by atoms with van der Waals surface area (Å²) in [6.45, 7) is 7.75. The lowest BCUT2D eigenvalue weighted by Crippen LogP contribution is -2.58. The van der Waals surface area contributed by atoms with E-state index >= 15 is 0 Å². The van der Waals surface area contributed by atoms with Crippen molar-refractivity contribution in [3.05, 3.63) is 24.3 Å². The van der Waals surface area contributed by atoms with Crippen LogP contribution in [-0.2, 0) is 9.53 Å². The van der Waals surface area contributed by atoms with E-state index in [0.717, 1.165) is 45.1 Å². The summed E-state index contributed by atoms with van der Waals surface area (Å²) in [6.07, 6.45) is 9.55. The van der Waals surface area contributed by atoms with E-state index in [1.165, 1.54) is 18.7 Å². The summed E-state index contributed by atoms with van der Waals surface area (Å²) in [6, 6.07) is 0.107. The third kappa shape index (κ3) is 4.71. The van der Waals surface area contributed by atoms with Gasteiger partial charge in [-0.2, -0.15) is 0 Å². The van der Waals surface area contributed by atoms with Crippen LogP contribution in [0.1, 0.15) is 69.7 Å². The summed E-state index contributed by atoms with van der Waals surface area (Å²) in [7, 11) is 1.68. The van der Waals surface area contributed by atoms with Gasteiger partial charge in [-0.05, 0) is 61.7 Å². The van der Waals surface area contributed by atoms with Crippen LogP contribution in [0.3, 0.4) is 0 Å². The highest BCUT2D eigenvalue weighted by molar-refractivity contribution is 5.93. The number of fused-ring (bicyclic) bond motifs is 1. The zero-order valence-electron chi connectivity index (χ0n) is 20.9. The maximum atomic E-state index is 13.5. The van der Waals surface area contributed by atoms with Gasteiger partial charge in [-0.3, -0.25) is 9.59 Å². The summed E-state index contributed by atoms with van der Waals surface area (Å²) in [5.41, 5.74) is 0.460. The van der Waals surface area contributed by atoms with Gasteiger partial charge in [0.25, 0.3) is 5.91 Å². The minimum atomic E-state index is -0.573. The van der Waals surface area contributed by atoms with Crippen LogP contribution in [0.25, 0.3) is 0 Å². The van der Waals surface area contributed by atoms with E-state index in [4.69, 9.17) is 4.74 Å². The number of nitrogens with one attached hydrogen (secondary N) is 1. The van der Waals surface area contributed by atoms with Crippen molar-refractivity contribution < 1.29 is 19.4 Å². The fourth-order valence-electron chi connectivity index (χ4n) is 7.10. The molecule has 2 saturated carbocycles. The quantitative estimate of drug-likeness (QED) is 0.660. The summed E-state index contributed by atoms with van der Waals surface area (Å²) < 4.78 is 5.34. The van der Waals surface area contributed by atoms with Crippen molar-refractivity contribution in [3.8, 4) is 0 Å². The summed E-state index contributed by atoms with van der Waals surface area (Å²) in [5.74, 6) is -0.218. The van der Waals surface area contributed by atoms with Crippen LogP contribution in [0.2, 0.25) is 0 Å². The van der Waals surface area contributed by atoms with Crippen LogP contribution in [0.4, 0.5) is 0 Å². The second kappa shape index (κ2) is 10.3. The van der Waals surface area contributed by atoms with Crippen molar-refractivity contribution in [1.82, 2.24) is 20.2 Å². The predicted octanol–water partition coefficient (Wildman–Crippen LogP) is 2.67. The number of likely N-dealkylation sites (tertiary alicyclic amines) is 1. The molecule has 8 nitrogen and oxygen atoms in total. The number of aliphatic hydroxyl groups is 1. The molecule has 1 aliphatic heterocycles. The van der Waals surface area contributed by atoms with Crippen LogP contribution in [0.5, 0.6) is 0 Å². The third-order valence-corrected chi connectivity index (χ3v) is 9.08. The Hall–Kier alpha value is -2.06. The molecule has 2 N–H and O–H groups in total. The van der Waals surface area contributed by atoms with Crippen LogP contribution < -0.4 is 5.32 Å². The number of methoxy groups -OCH3 is 1. The van der Waals surface area contributed by atoms with E-state index in [2.05, 4.69) is 29.1 Å². The van der Waals surface area contributed by atoms with Gasteiger partial charge >= 0.3 is 0 Å². The van der Waals surface area contributed by atoms with E-state index < -0.39 is 6.10 Å². The van der Waals surface area contributed by atoms with Gasteiger partial charge in [0.2, 0.25) is 5.91 Å².